The summed E-state index contributed by atoms with van der Waals surface area (Å²) in [4.78, 5) is 4.37. The predicted molar refractivity (Wildman–Crippen MR) is 64.4 cm³/mol. The van der Waals surface area contributed by atoms with E-state index in [0.717, 1.165) is 11.3 Å². The maximum atomic E-state index is 6.03. The molecule has 0 aliphatic carbocycles. The standard InChI is InChI=1S/C11H15N3.ClH/c1-8-5-4-6-14-9(8)7-13-10(14)11(2,3)12;/h4-7H,12H2,1-3H3;1H. The number of nitrogens with zero attached hydrogens (tertiary/aromatic N) is 2. The van der Waals surface area contributed by atoms with Gasteiger partial charge in [-0.15, -0.1) is 12.4 Å². The smallest absolute Gasteiger partial charge is 0.132 e. The number of halogens is 1. The van der Waals surface area contributed by atoms with E-state index in [1.54, 1.807) is 0 Å². The average molecular weight is 226 g/mol. The van der Waals surface area contributed by atoms with E-state index < -0.39 is 5.54 Å². The minimum atomic E-state index is -0.403. The van der Waals surface area contributed by atoms with Gasteiger partial charge in [0.1, 0.15) is 5.82 Å². The van der Waals surface area contributed by atoms with E-state index >= 15 is 0 Å². The largest absolute Gasteiger partial charge is 0.319 e. The Morgan fingerprint density at radius 1 is 1.40 bits per heavy atom. The van der Waals surface area contributed by atoms with E-state index in [2.05, 4.69) is 22.4 Å². The summed E-state index contributed by atoms with van der Waals surface area (Å²) in [6.07, 6.45) is 3.87. The van der Waals surface area contributed by atoms with Gasteiger partial charge in [0.25, 0.3) is 0 Å². The van der Waals surface area contributed by atoms with Crippen LogP contribution in [0.1, 0.15) is 25.2 Å². The maximum absolute atomic E-state index is 6.03. The maximum Gasteiger partial charge on any atom is 0.132 e. The lowest BCUT2D eigenvalue weighted by molar-refractivity contribution is 0.512. The second kappa shape index (κ2) is 3.83. The molecule has 0 aliphatic heterocycles. The number of aromatic nitrogens is 2. The van der Waals surface area contributed by atoms with Crippen molar-refractivity contribution in [1.29, 1.82) is 0 Å². The Bertz CT molecular complexity index is 468. The zero-order chi connectivity index (χ0) is 10.3. The third kappa shape index (κ3) is 1.98. The minimum absolute atomic E-state index is 0. The van der Waals surface area contributed by atoms with Gasteiger partial charge < -0.3 is 10.1 Å². The van der Waals surface area contributed by atoms with Crippen LogP contribution >= 0.6 is 12.4 Å². The second-order valence-electron chi connectivity index (χ2n) is 4.25. The Morgan fingerprint density at radius 2 is 2.07 bits per heavy atom. The molecular weight excluding hydrogens is 210 g/mol. The average Bonchev–Trinajstić information content (AvgIpc) is 2.47. The van der Waals surface area contributed by atoms with Gasteiger partial charge in [-0.05, 0) is 32.4 Å². The molecule has 0 amide bonds. The van der Waals surface area contributed by atoms with Crippen molar-refractivity contribution in [2.24, 2.45) is 5.73 Å². The van der Waals surface area contributed by atoms with E-state index in [-0.39, 0.29) is 12.4 Å². The Balaban J connectivity index is 0.00000112. The molecule has 0 saturated carbocycles. The van der Waals surface area contributed by atoms with E-state index in [1.165, 1.54) is 5.56 Å². The molecule has 0 radical (unpaired) electrons. The summed E-state index contributed by atoms with van der Waals surface area (Å²) in [5.74, 6) is 0.899. The fourth-order valence-corrected chi connectivity index (χ4v) is 1.64. The lowest BCUT2D eigenvalue weighted by atomic mass is 10.1. The van der Waals surface area contributed by atoms with Gasteiger partial charge in [-0.3, -0.25) is 0 Å². The first-order valence-electron chi connectivity index (χ1n) is 4.72. The Hall–Kier alpha value is -1.06. The molecule has 3 nitrogen and oxygen atoms in total. The van der Waals surface area contributed by atoms with Crippen LogP contribution in [-0.2, 0) is 5.54 Å². The highest BCUT2D eigenvalue weighted by Gasteiger charge is 2.19. The van der Waals surface area contributed by atoms with Crippen molar-refractivity contribution in [3.8, 4) is 0 Å². The van der Waals surface area contributed by atoms with Crippen LogP contribution in [0.4, 0.5) is 0 Å². The van der Waals surface area contributed by atoms with Gasteiger partial charge in [0.15, 0.2) is 0 Å². The molecule has 4 heteroatoms. The molecule has 0 spiro atoms. The summed E-state index contributed by atoms with van der Waals surface area (Å²) < 4.78 is 2.05. The molecule has 0 bridgehead atoms. The number of imidazole rings is 1. The summed E-state index contributed by atoms with van der Waals surface area (Å²) in [7, 11) is 0. The van der Waals surface area contributed by atoms with Crippen molar-refractivity contribution in [1.82, 2.24) is 9.38 Å². The zero-order valence-electron chi connectivity index (χ0n) is 9.19. The molecule has 0 unspecified atom stereocenters. The normalized spacial score (nSPS) is 11.5. The van der Waals surface area contributed by atoms with Gasteiger partial charge >= 0.3 is 0 Å². The van der Waals surface area contributed by atoms with Crippen LogP contribution in [0.3, 0.4) is 0 Å². The number of nitrogens with two attached hydrogens (primary N) is 1. The van der Waals surface area contributed by atoms with E-state index in [1.807, 2.05) is 32.3 Å². The van der Waals surface area contributed by atoms with Crippen molar-refractivity contribution in [2.45, 2.75) is 26.3 Å². The molecule has 2 aromatic heterocycles. The van der Waals surface area contributed by atoms with Crippen LogP contribution in [0.25, 0.3) is 5.52 Å². The molecule has 0 saturated heterocycles. The monoisotopic (exact) mass is 225 g/mol. The fourth-order valence-electron chi connectivity index (χ4n) is 1.64. The highest BCUT2D eigenvalue weighted by molar-refractivity contribution is 5.85. The van der Waals surface area contributed by atoms with Crippen molar-refractivity contribution >= 4 is 17.9 Å². The Morgan fingerprint density at radius 3 is 2.67 bits per heavy atom. The van der Waals surface area contributed by atoms with Gasteiger partial charge in [-0.2, -0.15) is 0 Å². The number of hydrogen-bond acceptors (Lipinski definition) is 2. The van der Waals surface area contributed by atoms with Crippen molar-refractivity contribution in [3.63, 3.8) is 0 Å². The number of fused-ring (bicyclic) bond motifs is 1. The SMILES string of the molecule is Cc1cccn2c(C(C)(C)N)ncc12.Cl. The molecule has 0 aliphatic rings. The first-order valence-corrected chi connectivity index (χ1v) is 4.72. The topological polar surface area (TPSA) is 43.3 Å². The molecule has 2 aromatic rings. The summed E-state index contributed by atoms with van der Waals surface area (Å²) >= 11 is 0. The molecule has 2 heterocycles. The van der Waals surface area contributed by atoms with Gasteiger partial charge in [-0.1, -0.05) is 6.07 Å². The summed E-state index contributed by atoms with van der Waals surface area (Å²) in [6.45, 7) is 6.00. The van der Waals surface area contributed by atoms with Crippen LogP contribution in [-0.4, -0.2) is 9.38 Å². The van der Waals surface area contributed by atoms with Crippen LogP contribution in [0, 0.1) is 6.92 Å². The van der Waals surface area contributed by atoms with E-state index in [4.69, 9.17) is 5.73 Å². The molecule has 0 fully saturated rings. The number of hydrogen-bond donors (Lipinski definition) is 1. The third-order valence-corrected chi connectivity index (χ3v) is 2.36. The van der Waals surface area contributed by atoms with Gasteiger partial charge in [-0.25, -0.2) is 4.98 Å². The zero-order valence-corrected chi connectivity index (χ0v) is 10.0. The van der Waals surface area contributed by atoms with Gasteiger partial charge in [0.05, 0.1) is 17.3 Å². The quantitative estimate of drug-likeness (QED) is 0.809. The molecule has 2 rings (SSSR count). The Labute approximate surface area is 95.7 Å². The van der Waals surface area contributed by atoms with Crippen LogP contribution in [0.15, 0.2) is 24.5 Å². The molecule has 0 aromatic carbocycles. The molecule has 2 N–H and O–H groups in total. The number of aryl methyl sites for hydroxylation is 1. The third-order valence-electron chi connectivity index (χ3n) is 2.36. The number of rotatable bonds is 1. The summed E-state index contributed by atoms with van der Waals surface area (Å²) in [5, 5.41) is 0. The first-order chi connectivity index (χ1) is 6.50. The van der Waals surface area contributed by atoms with E-state index in [9.17, 15) is 0 Å². The molecule has 0 atom stereocenters. The summed E-state index contributed by atoms with van der Waals surface area (Å²) in [5.41, 5.74) is 7.98. The molecule has 82 valence electrons. The molecule has 15 heavy (non-hydrogen) atoms. The second-order valence-corrected chi connectivity index (χ2v) is 4.25. The highest BCUT2D eigenvalue weighted by Crippen LogP contribution is 2.19. The molecular formula is C11H16ClN3. The first kappa shape index (κ1) is 12.0. The fraction of sp³-hybridized carbons (Fsp3) is 0.364. The number of pyridine rings is 1. The van der Waals surface area contributed by atoms with Crippen molar-refractivity contribution < 1.29 is 0 Å². The Kier molecular flexibility index (Phi) is 3.07. The van der Waals surface area contributed by atoms with Crippen LogP contribution in [0.2, 0.25) is 0 Å². The predicted octanol–water partition coefficient (Wildman–Crippen LogP) is 2.26. The lowest BCUT2D eigenvalue weighted by Gasteiger charge is -2.17. The highest BCUT2D eigenvalue weighted by atomic mass is 35.5. The van der Waals surface area contributed by atoms with Gasteiger partial charge in [0, 0.05) is 6.20 Å². The van der Waals surface area contributed by atoms with Crippen molar-refractivity contribution in [2.75, 3.05) is 0 Å². The van der Waals surface area contributed by atoms with Crippen LogP contribution in [0.5, 0.6) is 0 Å². The van der Waals surface area contributed by atoms with Crippen LogP contribution < -0.4 is 5.73 Å². The lowest BCUT2D eigenvalue weighted by Crippen LogP contribution is -2.31. The van der Waals surface area contributed by atoms with Gasteiger partial charge in [0.2, 0.25) is 0 Å². The minimum Gasteiger partial charge on any atom is -0.319 e. The van der Waals surface area contributed by atoms with Crippen molar-refractivity contribution in [3.05, 3.63) is 35.9 Å². The summed E-state index contributed by atoms with van der Waals surface area (Å²) in [6, 6.07) is 4.09. The van der Waals surface area contributed by atoms with E-state index in [0.29, 0.717) is 0 Å².